The van der Waals surface area contributed by atoms with Gasteiger partial charge in [0.1, 0.15) is 0 Å². The fourth-order valence-corrected chi connectivity index (χ4v) is 2.28. The molecule has 0 heterocycles. The van der Waals surface area contributed by atoms with Gasteiger partial charge < -0.3 is 0 Å². The van der Waals surface area contributed by atoms with Gasteiger partial charge in [-0.3, -0.25) is 0 Å². The lowest BCUT2D eigenvalue weighted by Gasteiger charge is -2.22. The van der Waals surface area contributed by atoms with E-state index in [-0.39, 0.29) is 5.41 Å². The van der Waals surface area contributed by atoms with Crippen LogP contribution in [-0.4, -0.2) is 0 Å². The summed E-state index contributed by atoms with van der Waals surface area (Å²) in [6, 6.07) is 21.2. The fourth-order valence-electron chi connectivity index (χ4n) is 2.28. The summed E-state index contributed by atoms with van der Waals surface area (Å²) in [5.74, 6) is 0. The van der Waals surface area contributed by atoms with Gasteiger partial charge in [0.25, 0.3) is 0 Å². The highest BCUT2D eigenvalue weighted by molar-refractivity contribution is 5.65. The molecule has 0 aliphatic carbocycles. The highest BCUT2D eigenvalue weighted by Crippen LogP contribution is 2.28. The van der Waals surface area contributed by atoms with Crippen molar-refractivity contribution in [2.75, 3.05) is 0 Å². The third-order valence-electron chi connectivity index (χ3n) is 3.32. The van der Waals surface area contributed by atoms with Crippen LogP contribution < -0.4 is 0 Å². The van der Waals surface area contributed by atoms with E-state index < -0.39 is 0 Å². The minimum atomic E-state index is 0.0567. The Balaban J connectivity index is 2.32. The molecule has 18 heavy (non-hydrogen) atoms. The first kappa shape index (κ1) is 12.6. The van der Waals surface area contributed by atoms with E-state index in [0.717, 1.165) is 0 Å². The number of hydrogen-bond acceptors (Lipinski definition) is 0. The maximum absolute atomic E-state index is 2.34. The van der Waals surface area contributed by atoms with Gasteiger partial charge in [0, 0.05) is 5.41 Å². The minimum absolute atomic E-state index is 0.0567. The molecule has 0 atom stereocenters. The summed E-state index contributed by atoms with van der Waals surface area (Å²) in [6.07, 6.45) is 2.34. The molecule has 2 aromatic carbocycles. The van der Waals surface area contributed by atoms with E-state index in [2.05, 4.69) is 87.5 Å². The molecule has 0 bridgehead atoms. The van der Waals surface area contributed by atoms with Crippen molar-refractivity contribution in [3.8, 4) is 0 Å². The first-order chi connectivity index (χ1) is 8.59. The van der Waals surface area contributed by atoms with E-state index in [1.54, 1.807) is 0 Å². The summed E-state index contributed by atoms with van der Waals surface area (Å²) in [5.41, 5.74) is 4.02. The van der Waals surface area contributed by atoms with Gasteiger partial charge in [-0.1, -0.05) is 80.6 Å². The SMILES string of the molecule is C/C(=C/C(C)(C)c1ccccc1)c1ccccc1. The average molecular weight is 236 g/mol. The molecule has 92 valence electrons. The van der Waals surface area contributed by atoms with Gasteiger partial charge in [0.15, 0.2) is 0 Å². The zero-order chi connectivity index (χ0) is 13.0. The molecular formula is C18H20. The fraction of sp³-hybridized carbons (Fsp3) is 0.222. The van der Waals surface area contributed by atoms with Crippen molar-refractivity contribution >= 4 is 5.57 Å². The van der Waals surface area contributed by atoms with Gasteiger partial charge in [0.2, 0.25) is 0 Å². The first-order valence-corrected chi connectivity index (χ1v) is 6.40. The quantitative estimate of drug-likeness (QED) is 0.698. The second-order valence-corrected chi connectivity index (χ2v) is 5.28. The minimum Gasteiger partial charge on any atom is -0.0710 e. The lowest BCUT2D eigenvalue weighted by Crippen LogP contribution is -2.13. The first-order valence-electron chi connectivity index (χ1n) is 6.40. The second kappa shape index (κ2) is 5.22. The summed E-state index contributed by atoms with van der Waals surface area (Å²) < 4.78 is 0. The summed E-state index contributed by atoms with van der Waals surface area (Å²) in [5, 5.41) is 0. The Morgan fingerprint density at radius 1 is 0.833 bits per heavy atom. The predicted octanol–water partition coefficient (Wildman–Crippen LogP) is 5.07. The summed E-state index contributed by atoms with van der Waals surface area (Å²) in [6.45, 7) is 6.70. The Bertz CT molecular complexity index is 518. The van der Waals surface area contributed by atoms with Crippen LogP contribution in [-0.2, 0) is 5.41 Å². The lowest BCUT2D eigenvalue weighted by atomic mass is 9.82. The lowest BCUT2D eigenvalue weighted by molar-refractivity contribution is 0.671. The van der Waals surface area contributed by atoms with E-state index in [4.69, 9.17) is 0 Å². The molecule has 0 nitrogen and oxygen atoms in total. The molecule has 0 aliphatic rings. The van der Waals surface area contributed by atoms with Crippen LogP contribution >= 0.6 is 0 Å². The number of benzene rings is 2. The van der Waals surface area contributed by atoms with E-state index >= 15 is 0 Å². The van der Waals surface area contributed by atoms with Gasteiger partial charge in [-0.25, -0.2) is 0 Å². The van der Waals surface area contributed by atoms with Crippen LogP contribution in [0.2, 0.25) is 0 Å². The van der Waals surface area contributed by atoms with Gasteiger partial charge >= 0.3 is 0 Å². The predicted molar refractivity (Wildman–Crippen MR) is 79.6 cm³/mol. The molecule has 2 aromatic rings. The highest BCUT2D eigenvalue weighted by Gasteiger charge is 2.17. The summed E-state index contributed by atoms with van der Waals surface area (Å²) in [7, 11) is 0. The summed E-state index contributed by atoms with van der Waals surface area (Å²) in [4.78, 5) is 0. The Morgan fingerprint density at radius 2 is 1.33 bits per heavy atom. The van der Waals surface area contributed by atoms with E-state index in [0.29, 0.717) is 0 Å². The highest BCUT2D eigenvalue weighted by atomic mass is 14.2. The molecule has 0 saturated carbocycles. The van der Waals surface area contributed by atoms with E-state index in [1.807, 2.05) is 0 Å². The average Bonchev–Trinajstić information content (AvgIpc) is 2.40. The number of allylic oxidation sites excluding steroid dienone is 2. The number of hydrogen-bond donors (Lipinski definition) is 0. The van der Waals surface area contributed by atoms with Gasteiger partial charge in [-0.2, -0.15) is 0 Å². The molecule has 0 spiro atoms. The van der Waals surface area contributed by atoms with Crippen LogP contribution in [0.4, 0.5) is 0 Å². The normalized spacial score (nSPS) is 12.5. The van der Waals surface area contributed by atoms with Crippen LogP contribution in [0.15, 0.2) is 66.7 Å². The Labute approximate surface area is 110 Å². The molecule has 2 rings (SSSR count). The van der Waals surface area contributed by atoms with E-state index in [1.165, 1.54) is 16.7 Å². The number of rotatable bonds is 3. The molecule has 0 aliphatic heterocycles. The van der Waals surface area contributed by atoms with Crippen LogP contribution in [0.3, 0.4) is 0 Å². The third kappa shape index (κ3) is 2.89. The second-order valence-electron chi connectivity index (χ2n) is 5.28. The molecule has 0 amide bonds. The standard InChI is InChI=1S/C18H20/c1-15(16-10-6-4-7-11-16)14-18(2,3)17-12-8-5-9-13-17/h4-14H,1-3H3/b15-14-. The Hall–Kier alpha value is -1.82. The topological polar surface area (TPSA) is 0 Å². The molecular weight excluding hydrogens is 216 g/mol. The molecule has 0 saturated heterocycles. The molecule has 0 aromatic heterocycles. The van der Waals surface area contributed by atoms with Crippen molar-refractivity contribution < 1.29 is 0 Å². The van der Waals surface area contributed by atoms with Crippen molar-refractivity contribution in [3.63, 3.8) is 0 Å². The Kier molecular flexibility index (Phi) is 3.66. The smallest absolute Gasteiger partial charge is 0.00812 e. The van der Waals surface area contributed by atoms with Crippen molar-refractivity contribution in [3.05, 3.63) is 77.9 Å². The summed E-state index contributed by atoms with van der Waals surface area (Å²) >= 11 is 0. The van der Waals surface area contributed by atoms with Crippen LogP contribution in [0.5, 0.6) is 0 Å². The van der Waals surface area contributed by atoms with Gasteiger partial charge in [-0.15, -0.1) is 0 Å². The molecule has 0 N–H and O–H groups in total. The zero-order valence-corrected chi connectivity index (χ0v) is 11.4. The van der Waals surface area contributed by atoms with Crippen molar-refractivity contribution in [1.29, 1.82) is 0 Å². The van der Waals surface area contributed by atoms with Crippen LogP contribution in [0.25, 0.3) is 5.57 Å². The third-order valence-corrected chi connectivity index (χ3v) is 3.32. The largest absolute Gasteiger partial charge is 0.0710 e. The van der Waals surface area contributed by atoms with E-state index in [9.17, 15) is 0 Å². The maximum Gasteiger partial charge on any atom is 0.00812 e. The van der Waals surface area contributed by atoms with Crippen molar-refractivity contribution in [1.82, 2.24) is 0 Å². The maximum atomic E-state index is 2.34. The van der Waals surface area contributed by atoms with Gasteiger partial charge in [0.05, 0.1) is 0 Å². The molecule has 0 fully saturated rings. The van der Waals surface area contributed by atoms with Crippen molar-refractivity contribution in [2.24, 2.45) is 0 Å². The molecule has 0 unspecified atom stereocenters. The molecule has 0 heteroatoms. The zero-order valence-electron chi connectivity index (χ0n) is 11.4. The Morgan fingerprint density at radius 3 is 1.89 bits per heavy atom. The monoisotopic (exact) mass is 236 g/mol. The van der Waals surface area contributed by atoms with Crippen LogP contribution in [0.1, 0.15) is 31.9 Å². The van der Waals surface area contributed by atoms with Crippen molar-refractivity contribution in [2.45, 2.75) is 26.2 Å². The van der Waals surface area contributed by atoms with Gasteiger partial charge in [-0.05, 0) is 23.6 Å². The van der Waals surface area contributed by atoms with Crippen LogP contribution in [0, 0.1) is 0 Å². The molecule has 0 radical (unpaired) electrons.